The van der Waals surface area contributed by atoms with Gasteiger partial charge in [-0.1, -0.05) is 116 Å². The Morgan fingerprint density at radius 1 is 0.900 bits per heavy atom. The molecule has 1 aliphatic heterocycles. The maximum absolute atomic E-state index is 11.0. The van der Waals surface area contributed by atoms with Crippen LogP contribution in [0.3, 0.4) is 0 Å². The van der Waals surface area contributed by atoms with Crippen molar-refractivity contribution in [2.45, 2.75) is 69.2 Å². The third-order valence-corrected chi connectivity index (χ3v) is 10.00. The van der Waals surface area contributed by atoms with Crippen molar-refractivity contribution in [3.05, 3.63) is 148 Å². The van der Waals surface area contributed by atoms with Crippen LogP contribution in [0.1, 0.15) is 70.3 Å². The molecule has 256 valence electrons. The molecule has 2 aliphatic rings. The summed E-state index contributed by atoms with van der Waals surface area (Å²) in [5.41, 5.74) is 8.49. The van der Waals surface area contributed by atoms with E-state index in [1.165, 1.54) is 33.4 Å². The monoisotopic (exact) mass is 727 g/mol. The number of ether oxygens (including phenoxy) is 2. The topological polar surface area (TPSA) is 95.1 Å². The van der Waals surface area contributed by atoms with Gasteiger partial charge >= 0.3 is 26.2 Å². The predicted octanol–water partition coefficient (Wildman–Crippen LogP) is 8.74. The van der Waals surface area contributed by atoms with Gasteiger partial charge in [-0.15, -0.1) is 0 Å². The Bertz CT molecular complexity index is 1960. The molecule has 1 aromatic heterocycles. The van der Waals surface area contributed by atoms with E-state index in [1.54, 1.807) is 0 Å². The Morgan fingerprint density at radius 3 is 2.08 bits per heavy atom. The standard InChI is InChI=1S/C40H38N4O2S.CN.Cu/c1-28-20-21-40(22-35-34(27-46-40)38(43-39(42-35)47-2)45-26-31-16-10-5-11-17-31)37-32(28)18-19-36(33(37)23-41)44(24-29-12-6-3-7-13-29)25-30-14-8-4-9-15-30;1-2;/h3-19,28H,20-22,24-27H2,1-2H3;;/t28-,40-;;/m0../s1. The number of anilines is 1. The number of fused-ring (bicyclic) bond motifs is 3. The molecule has 7 rings (SSSR count). The molecular weight excluding hydrogens is 690 g/mol. The first kappa shape index (κ1) is 35.2. The Hall–Kier alpha value is -4.63. The number of rotatable bonds is 9. The molecule has 0 unspecified atom stereocenters. The fraction of sp³-hybridized carbons (Fsp3) is 0.268. The van der Waals surface area contributed by atoms with Crippen LogP contribution in [0.4, 0.5) is 5.69 Å². The average molecular weight is 728 g/mol. The summed E-state index contributed by atoms with van der Waals surface area (Å²) in [6.07, 6.45) is 4.34. The normalized spacial score (nSPS) is 17.3. The van der Waals surface area contributed by atoms with Gasteiger partial charge in [0.25, 0.3) is 0 Å². The van der Waals surface area contributed by atoms with E-state index in [9.17, 15) is 5.26 Å². The van der Waals surface area contributed by atoms with E-state index in [0.717, 1.165) is 40.9 Å². The number of thioether (sulfide) groups is 1. The molecule has 0 fully saturated rings. The number of aromatic nitrogens is 2. The number of hydrogen-bond acceptors (Lipinski definition) is 8. The van der Waals surface area contributed by atoms with E-state index < -0.39 is 5.60 Å². The van der Waals surface area contributed by atoms with Crippen molar-refractivity contribution in [1.82, 2.24) is 9.97 Å². The van der Waals surface area contributed by atoms with Crippen molar-refractivity contribution < 1.29 is 25.5 Å². The zero-order valence-corrected chi connectivity index (χ0v) is 29.9. The number of nitrogens with zero attached hydrogens (tertiary/aromatic N) is 5. The minimum absolute atomic E-state index is 0.315. The predicted molar refractivity (Wildman–Crippen MR) is 192 cm³/mol. The van der Waals surface area contributed by atoms with Gasteiger partial charge in [0.2, 0.25) is 5.88 Å². The van der Waals surface area contributed by atoms with Gasteiger partial charge in [0.05, 0.1) is 29.1 Å². The van der Waals surface area contributed by atoms with Crippen LogP contribution < -0.4 is 9.64 Å². The van der Waals surface area contributed by atoms with Crippen LogP contribution in [0, 0.1) is 21.6 Å². The van der Waals surface area contributed by atoms with Gasteiger partial charge in [-0.05, 0) is 53.3 Å². The second-order valence-electron chi connectivity index (χ2n) is 12.5. The molecule has 1 aliphatic carbocycles. The molecule has 0 saturated carbocycles. The molecule has 0 bridgehead atoms. The maximum atomic E-state index is 11.0. The molecule has 0 radical (unpaired) electrons. The SMILES string of the molecule is CSc1nc2c(c(OCc3ccccc3)n1)CO[C@@]1(CC[C@H](C)c3ccc(N(Cc4ccccc4)Cc4ccccc4)c(C#N)c31)C2.N#[C][Cu]. The Kier molecular flexibility index (Phi) is 11.5. The molecule has 4 aromatic carbocycles. The van der Waals surface area contributed by atoms with Crippen LogP contribution >= 0.6 is 11.8 Å². The van der Waals surface area contributed by atoms with Crippen LogP contribution in [-0.4, -0.2) is 16.2 Å². The van der Waals surface area contributed by atoms with Crippen molar-refractivity contribution in [2.24, 2.45) is 0 Å². The summed E-state index contributed by atoms with van der Waals surface area (Å²) in [4.78, 5) is 13.4. The Balaban J connectivity index is 0.00000139. The first-order valence-electron chi connectivity index (χ1n) is 16.6. The van der Waals surface area contributed by atoms with E-state index in [-0.39, 0.29) is 0 Å². The van der Waals surface area contributed by atoms with Crippen molar-refractivity contribution in [3.63, 3.8) is 0 Å². The molecule has 0 saturated heterocycles. The molecule has 0 N–H and O–H groups in total. The molecule has 50 heavy (non-hydrogen) atoms. The third-order valence-electron chi connectivity index (χ3n) is 9.45. The zero-order valence-electron chi connectivity index (χ0n) is 28.1. The summed E-state index contributed by atoms with van der Waals surface area (Å²) in [7, 11) is 0. The average Bonchev–Trinajstić information content (AvgIpc) is 3.16. The summed E-state index contributed by atoms with van der Waals surface area (Å²) in [5, 5.41) is 18.8. The van der Waals surface area contributed by atoms with Crippen LogP contribution in [-0.2, 0) is 59.1 Å². The fourth-order valence-corrected chi connectivity index (χ4v) is 7.39. The molecule has 0 amide bonds. The van der Waals surface area contributed by atoms with Crippen molar-refractivity contribution in [1.29, 1.82) is 10.5 Å². The summed E-state index contributed by atoms with van der Waals surface area (Å²) < 4.78 is 13.3. The fourth-order valence-electron chi connectivity index (χ4n) is 7.02. The summed E-state index contributed by atoms with van der Waals surface area (Å²) in [6, 6.07) is 38.1. The Morgan fingerprint density at radius 2 is 1.50 bits per heavy atom. The van der Waals surface area contributed by atoms with E-state index in [0.29, 0.717) is 55.2 Å². The second-order valence-corrected chi connectivity index (χ2v) is 13.5. The van der Waals surface area contributed by atoms with Gasteiger partial charge < -0.3 is 14.4 Å². The van der Waals surface area contributed by atoms with Crippen molar-refractivity contribution in [2.75, 3.05) is 11.2 Å². The first-order chi connectivity index (χ1) is 24.5. The minimum atomic E-state index is -0.665. The summed E-state index contributed by atoms with van der Waals surface area (Å²) >= 11 is 5.32. The quantitative estimate of drug-likeness (QED) is 0.0846. The molecule has 1 spiro atoms. The second kappa shape index (κ2) is 16.4. The molecular formula is C41H38CuN5O2S. The molecule has 9 heteroatoms. The van der Waals surface area contributed by atoms with Crippen LogP contribution in [0.5, 0.6) is 5.88 Å². The van der Waals surface area contributed by atoms with Gasteiger partial charge in [-0.3, -0.25) is 0 Å². The Labute approximate surface area is 307 Å². The van der Waals surface area contributed by atoms with Gasteiger partial charge in [-0.25, -0.2) is 4.98 Å². The summed E-state index contributed by atoms with van der Waals surface area (Å²) in [5.74, 6) is 0.893. The molecule has 2 atom stereocenters. The molecule has 2 heterocycles. The zero-order chi connectivity index (χ0) is 34.9. The van der Waals surface area contributed by atoms with E-state index in [4.69, 9.17) is 24.7 Å². The van der Waals surface area contributed by atoms with Crippen LogP contribution in [0.25, 0.3) is 0 Å². The number of hydrogen-bond donors (Lipinski definition) is 0. The van der Waals surface area contributed by atoms with E-state index >= 15 is 0 Å². The van der Waals surface area contributed by atoms with Gasteiger partial charge in [0.1, 0.15) is 18.3 Å². The van der Waals surface area contributed by atoms with Gasteiger partial charge in [-0.2, -0.15) is 10.2 Å². The number of benzene rings is 4. The van der Waals surface area contributed by atoms with Crippen LogP contribution in [0.2, 0.25) is 0 Å². The van der Waals surface area contributed by atoms with Gasteiger partial charge in [0.15, 0.2) is 5.16 Å². The van der Waals surface area contributed by atoms with Crippen LogP contribution in [0.15, 0.2) is 108 Å². The molecule has 5 aromatic rings. The summed E-state index contributed by atoms with van der Waals surface area (Å²) in [6.45, 7) is 4.38. The first-order valence-corrected chi connectivity index (χ1v) is 18.3. The third kappa shape index (κ3) is 7.73. The van der Waals surface area contributed by atoms with Crippen molar-refractivity contribution in [3.8, 4) is 16.9 Å². The number of nitriles is 2. The van der Waals surface area contributed by atoms with E-state index in [1.807, 2.05) is 36.6 Å². The van der Waals surface area contributed by atoms with Gasteiger partial charge in [0, 0.05) is 25.1 Å². The van der Waals surface area contributed by atoms with Crippen molar-refractivity contribution >= 4 is 17.4 Å². The van der Waals surface area contributed by atoms with E-state index in [2.05, 4.69) is 107 Å². The molecule has 7 nitrogen and oxygen atoms in total.